The first-order valence-corrected chi connectivity index (χ1v) is 8.72. The van der Waals surface area contributed by atoms with Crippen molar-refractivity contribution in [1.82, 2.24) is 9.80 Å². The van der Waals surface area contributed by atoms with Gasteiger partial charge in [-0.25, -0.2) is 4.79 Å². The van der Waals surface area contributed by atoms with Crippen molar-refractivity contribution >= 4 is 23.5 Å². The molecule has 1 N–H and O–H groups in total. The van der Waals surface area contributed by atoms with Crippen LogP contribution in [-0.4, -0.2) is 60.0 Å². The van der Waals surface area contributed by atoms with E-state index >= 15 is 0 Å². The van der Waals surface area contributed by atoms with Gasteiger partial charge in [0.15, 0.2) is 0 Å². The number of ether oxygens (including phenoxy) is 1. The number of nitrogens with one attached hydrogen (secondary N) is 1. The van der Waals surface area contributed by atoms with Crippen molar-refractivity contribution in [3.63, 3.8) is 0 Å². The second-order valence-electron chi connectivity index (χ2n) is 6.81. The molecule has 25 heavy (non-hydrogen) atoms. The van der Waals surface area contributed by atoms with E-state index in [9.17, 15) is 14.4 Å². The summed E-state index contributed by atoms with van der Waals surface area (Å²) in [5, 5.41) is 2.87. The number of carbonyl (C=O) groups is 3. The fraction of sp³-hybridized carbons (Fsp3) is 0.500. The molecule has 4 amide bonds. The molecule has 2 unspecified atom stereocenters. The Morgan fingerprint density at radius 1 is 1.16 bits per heavy atom. The normalized spacial score (nSPS) is 25.6. The van der Waals surface area contributed by atoms with Gasteiger partial charge >= 0.3 is 6.03 Å². The predicted molar refractivity (Wildman–Crippen MR) is 90.6 cm³/mol. The minimum atomic E-state index is -0.338. The van der Waals surface area contributed by atoms with Crippen LogP contribution in [0.4, 0.5) is 10.5 Å². The predicted octanol–water partition coefficient (Wildman–Crippen LogP) is 2.09. The molecular formula is C18H21N3O4. The highest BCUT2D eigenvalue weighted by molar-refractivity contribution is 6.21. The van der Waals surface area contributed by atoms with Crippen molar-refractivity contribution in [3.05, 3.63) is 29.3 Å². The highest BCUT2D eigenvalue weighted by Gasteiger charge is 2.37. The summed E-state index contributed by atoms with van der Waals surface area (Å²) in [6.45, 7) is 1.12. The van der Waals surface area contributed by atoms with Gasteiger partial charge < -0.3 is 15.0 Å². The molecule has 0 aromatic heterocycles. The van der Waals surface area contributed by atoms with Crippen LogP contribution in [0.15, 0.2) is 18.2 Å². The number of urea groups is 1. The molecule has 1 aromatic carbocycles. The van der Waals surface area contributed by atoms with Crippen LogP contribution < -0.4 is 5.32 Å². The largest absolute Gasteiger partial charge is 0.374 e. The molecule has 0 radical (unpaired) electrons. The summed E-state index contributed by atoms with van der Waals surface area (Å²) in [4.78, 5) is 39.7. The van der Waals surface area contributed by atoms with Gasteiger partial charge in [0.2, 0.25) is 0 Å². The van der Waals surface area contributed by atoms with Gasteiger partial charge in [0.05, 0.1) is 29.9 Å². The van der Waals surface area contributed by atoms with E-state index in [2.05, 4.69) is 5.32 Å². The number of amides is 4. The van der Waals surface area contributed by atoms with Gasteiger partial charge in [0, 0.05) is 19.3 Å². The van der Waals surface area contributed by atoms with Crippen molar-refractivity contribution in [1.29, 1.82) is 0 Å². The molecule has 1 aliphatic carbocycles. The summed E-state index contributed by atoms with van der Waals surface area (Å²) in [6, 6.07) is 4.78. The van der Waals surface area contributed by atoms with E-state index < -0.39 is 0 Å². The van der Waals surface area contributed by atoms with Crippen LogP contribution in [0.25, 0.3) is 0 Å². The molecule has 1 saturated heterocycles. The first-order chi connectivity index (χ1) is 12.1. The van der Waals surface area contributed by atoms with Gasteiger partial charge in [-0.05, 0) is 31.0 Å². The number of imide groups is 1. The number of carbonyl (C=O) groups excluding carboxylic acids is 3. The summed E-state index contributed by atoms with van der Waals surface area (Å²) >= 11 is 0. The maximum absolute atomic E-state index is 12.7. The summed E-state index contributed by atoms with van der Waals surface area (Å²) in [6.07, 6.45) is 4.33. The van der Waals surface area contributed by atoms with Crippen LogP contribution in [0.1, 0.15) is 46.4 Å². The number of fused-ring (bicyclic) bond motifs is 2. The lowest BCUT2D eigenvalue weighted by Gasteiger charge is -2.43. The van der Waals surface area contributed by atoms with Gasteiger partial charge in [-0.1, -0.05) is 12.8 Å². The Hall–Kier alpha value is -2.41. The zero-order chi connectivity index (χ0) is 17.6. The van der Waals surface area contributed by atoms with Crippen molar-refractivity contribution in [2.75, 3.05) is 25.5 Å². The minimum Gasteiger partial charge on any atom is -0.374 e. The van der Waals surface area contributed by atoms with Gasteiger partial charge in [0.25, 0.3) is 11.8 Å². The van der Waals surface area contributed by atoms with Crippen molar-refractivity contribution in [2.45, 2.75) is 37.8 Å². The third-order valence-electron chi connectivity index (χ3n) is 5.33. The quantitative estimate of drug-likeness (QED) is 0.792. The number of anilines is 1. The molecule has 2 aliphatic heterocycles. The molecule has 132 valence electrons. The lowest BCUT2D eigenvalue weighted by molar-refractivity contribution is -0.0694. The molecule has 1 aromatic rings. The molecule has 1 saturated carbocycles. The Kier molecular flexibility index (Phi) is 3.95. The highest BCUT2D eigenvalue weighted by Crippen LogP contribution is 2.29. The average molecular weight is 343 g/mol. The summed E-state index contributed by atoms with van der Waals surface area (Å²) in [7, 11) is 1.46. The smallest absolute Gasteiger partial charge is 0.322 e. The first kappa shape index (κ1) is 16.1. The molecule has 2 heterocycles. The SMILES string of the molecule is CN1C(=O)c2ccc(NC(=O)N3CCOC4CCCCC43)cc2C1=O. The Morgan fingerprint density at radius 3 is 2.76 bits per heavy atom. The zero-order valence-corrected chi connectivity index (χ0v) is 14.2. The summed E-state index contributed by atoms with van der Waals surface area (Å²) in [5.74, 6) is -0.647. The maximum atomic E-state index is 12.7. The molecule has 7 heteroatoms. The van der Waals surface area contributed by atoms with Crippen LogP contribution in [0, 0.1) is 0 Å². The molecule has 4 rings (SSSR count). The van der Waals surface area contributed by atoms with E-state index in [1.807, 2.05) is 4.90 Å². The zero-order valence-electron chi connectivity index (χ0n) is 14.2. The molecule has 3 aliphatic rings. The van der Waals surface area contributed by atoms with E-state index in [1.54, 1.807) is 18.2 Å². The Morgan fingerprint density at radius 2 is 1.92 bits per heavy atom. The Bertz CT molecular complexity index is 746. The molecule has 7 nitrogen and oxygen atoms in total. The van der Waals surface area contributed by atoms with Crippen LogP contribution in [-0.2, 0) is 4.74 Å². The minimum absolute atomic E-state index is 0.117. The van der Waals surface area contributed by atoms with E-state index in [-0.39, 0.29) is 30.0 Å². The Balaban J connectivity index is 1.52. The van der Waals surface area contributed by atoms with Crippen LogP contribution in [0.5, 0.6) is 0 Å². The molecule has 2 fully saturated rings. The Labute approximate surface area is 145 Å². The number of hydrogen-bond donors (Lipinski definition) is 1. The number of rotatable bonds is 1. The summed E-state index contributed by atoms with van der Waals surface area (Å²) < 4.78 is 5.80. The third-order valence-corrected chi connectivity index (χ3v) is 5.33. The highest BCUT2D eigenvalue weighted by atomic mass is 16.5. The van der Waals surface area contributed by atoms with E-state index in [0.717, 1.165) is 30.6 Å². The maximum Gasteiger partial charge on any atom is 0.322 e. The number of hydrogen-bond acceptors (Lipinski definition) is 4. The summed E-state index contributed by atoms with van der Waals surface area (Å²) in [5.41, 5.74) is 1.24. The monoisotopic (exact) mass is 343 g/mol. The fourth-order valence-corrected chi connectivity index (χ4v) is 3.98. The topological polar surface area (TPSA) is 79.0 Å². The fourth-order valence-electron chi connectivity index (χ4n) is 3.98. The van der Waals surface area contributed by atoms with Crippen LogP contribution >= 0.6 is 0 Å². The third kappa shape index (κ3) is 2.68. The van der Waals surface area contributed by atoms with Crippen molar-refractivity contribution in [2.24, 2.45) is 0 Å². The lowest BCUT2D eigenvalue weighted by atomic mass is 9.90. The number of morpholine rings is 1. The number of nitrogens with zero attached hydrogens (tertiary/aromatic N) is 2. The van der Waals surface area contributed by atoms with E-state index in [0.29, 0.717) is 30.0 Å². The second-order valence-corrected chi connectivity index (χ2v) is 6.81. The second kappa shape index (κ2) is 6.15. The standard InChI is InChI=1S/C18H21N3O4/c1-20-16(22)12-7-6-11(10-13(12)17(20)23)19-18(24)21-8-9-25-15-5-3-2-4-14(15)21/h6-7,10,14-15H,2-5,8-9H2,1H3,(H,19,24). The molecule has 2 atom stereocenters. The molecule has 0 spiro atoms. The first-order valence-electron chi connectivity index (χ1n) is 8.72. The van der Waals surface area contributed by atoms with Gasteiger partial charge in [-0.3, -0.25) is 14.5 Å². The number of benzene rings is 1. The van der Waals surface area contributed by atoms with Crippen LogP contribution in [0.2, 0.25) is 0 Å². The van der Waals surface area contributed by atoms with Gasteiger partial charge in [-0.2, -0.15) is 0 Å². The van der Waals surface area contributed by atoms with Gasteiger partial charge in [0.1, 0.15) is 0 Å². The molecular weight excluding hydrogens is 322 g/mol. The lowest BCUT2D eigenvalue weighted by Crippen LogP contribution is -2.55. The van der Waals surface area contributed by atoms with Crippen molar-refractivity contribution in [3.8, 4) is 0 Å². The van der Waals surface area contributed by atoms with E-state index in [4.69, 9.17) is 4.74 Å². The van der Waals surface area contributed by atoms with E-state index in [1.165, 1.54) is 7.05 Å². The molecule has 0 bridgehead atoms. The van der Waals surface area contributed by atoms with Crippen molar-refractivity contribution < 1.29 is 19.1 Å². The van der Waals surface area contributed by atoms with Gasteiger partial charge in [-0.15, -0.1) is 0 Å². The average Bonchev–Trinajstić information content (AvgIpc) is 2.85. The van der Waals surface area contributed by atoms with Crippen LogP contribution in [0.3, 0.4) is 0 Å².